The maximum absolute atomic E-state index is 11.9. The standard InChI is InChI=1S/C16H10N6O/c1-9-2-4-10(5-3-9)22-8-20-13-12-11(6-17)16(23)21-14(12)18-7-19-15(13)22/h2-5,7-8H,1H3,(H,18,19,21,23). The van der Waals surface area contributed by atoms with Crippen molar-refractivity contribution in [1.29, 1.82) is 5.26 Å². The molecule has 0 saturated heterocycles. The van der Waals surface area contributed by atoms with Crippen LogP contribution in [-0.2, 0) is 0 Å². The molecule has 0 aliphatic carbocycles. The summed E-state index contributed by atoms with van der Waals surface area (Å²) in [5.74, 6) is 0.309. The second-order valence-electron chi connectivity index (χ2n) is 5.16. The summed E-state index contributed by atoms with van der Waals surface area (Å²) in [6.07, 6.45) is 2.98. The van der Waals surface area contributed by atoms with E-state index < -0.39 is 5.56 Å². The lowest BCUT2D eigenvalue weighted by Gasteiger charge is -2.02. The van der Waals surface area contributed by atoms with Crippen molar-refractivity contribution in [2.45, 2.75) is 6.92 Å². The van der Waals surface area contributed by atoms with Gasteiger partial charge >= 0.3 is 0 Å². The molecule has 0 atom stereocenters. The maximum atomic E-state index is 11.9. The Kier molecular flexibility index (Phi) is 2.71. The third kappa shape index (κ3) is 1.89. The number of fused-ring (bicyclic) bond motifs is 3. The Bertz CT molecular complexity index is 1100. The van der Waals surface area contributed by atoms with Gasteiger partial charge in [-0.15, -0.1) is 0 Å². The monoisotopic (exact) mass is 302 g/mol. The van der Waals surface area contributed by atoms with Crippen LogP contribution in [0, 0.1) is 18.3 Å². The number of H-pyrrole nitrogens is 1. The van der Waals surface area contributed by atoms with Crippen molar-refractivity contribution in [1.82, 2.24) is 24.5 Å². The summed E-state index contributed by atoms with van der Waals surface area (Å²) in [5, 5.41) is 9.25. The highest BCUT2D eigenvalue weighted by molar-refractivity contribution is 5.91. The summed E-state index contributed by atoms with van der Waals surface area (Å²) in [5.41, 5.74) is 2.98. The van der Waals surface area contributed by atoms with Gasteiger partial charge in [0.2, 0.25) is 0 Å². The highest BCUT2D eigenvalue weighted by Crippen LogP contribution is 2.27. The lowest BCUT2D eigenvalue weighted by Crippen LogP contribution is -2.00. The van der Waals surface area contributed by atoms with Crippen molar-refractivity contribution in [3.05, 3.63) is 58.4 Å². The molecule has 7 heteroatoms. The first kappa shape index (κ1) is 13.2. The molecular weight excluding hydrogens is 292 g/mol. The normalized spacial score (nSPS) is 11.0. The van der Waals surface area contributed by atoms with Crippen LogP contribution < -0.4 is 5.56 Å². The molecule has 1 aromatic carbocycles. The largest absolute Gasteiger partial charge is 0.305 e. The minimum Gasteiger partial charge on any atom is -0.305 e. The van der Waals surface area contributed by atoms with Crippen LogP contribution in [0.3, 0.4) is 0 Å². The van der Waals surface area contributed by atoms with Gasteiger partial charge < -0.3 is 4.98 Å². The van der Waals surface area contributed by atoms with Gasteiger partial charge in [-0.2, -0.15) is 5.26 Å². The van der Waals surface area contributed by atoms with Gasteiger partial charge in [-0.05, 0) is 19.1 Å². The van der Waals surface area contributed by atoms with E-state index in [9.17, 15) is 10.1 Å². The number of imidazole rings is 1. The second kappa shape index (κ2) is 4.74. The number of hydrogen-bond acceptors (Lipinski definition) is 5. The molecule has 7 nitrogen and oxygen atoms in total. The third-order valence-electron chi connectivity index (χ3n) is 3.72. The van der Waals surface area contributed by atoms with E-state index in [0.29, 0.717) is 22.6 Å². The fourth-order valence-corrected chi connectivity index (χ4v) is 2.58. The van der Waals surface area contributed by atoms with Crippen molar-refractivity contribution in [2.24, 2.45) is 0 Å². The molecule has 0 amide bonds. The molecule has 2 aliphatic rings. The average Bonchev–Trinajstić information content (AvgIpc) is 3.04. The molecule has 0 bridgehead atoms. The molecular formula is C16H10N6O. The lowest BCUT2D eigenvalue weighted by atomic mass is 10.1. The van der Waals surface area contributed by atoms with E-state index in [-0.39, 0.29) is 5.56 Å². The Morgan fingerprint density at radius 1 is 1.17 bits per heavy atom. The predicted octanol–water partition coefficient (Wildman–Crippen LogP) is 1.79. The molecule has 0 fully saturated rings. The van der Waals surface area contributed by atoms with Gasteiger partial charge in [0.05, 0.1) is 5.56 Å². The fraction of sp³-hybridized carbons (Fsp3) is 0.0625. The zero-order chi connectivity index (χ0) is 16.0. The average molecular weight is 302 g/mol. The van der Waals surface area contributed by atoms with Crippen molar-refractivity contribution < 1.29 is 0 Å². The Hall–Kier alpha value is -3.53. The fourth-order valence-electron chi connectivity index (χ4n) is 2.58. The van der Waals surface area contributed by atoms with E-state index in [4.69, 9.17) is 0 Å². The molecule has 0 radical (unpaired) electrons. The number of nitrogens with one attached hydrogen (secondary N) is 1. The lowest BCUT2D eigenvalue weighted by molar-refractivity contribution is 1.06. The quantitative estimate of drug-likeness (QED) is 0.577. The number of aryl methyl sites for hydroxylation is 1. The van der Waals surface area contributed by atoms with Gasteiger partial charge in [0.1, 0.15) is 35.6 Å². The van der Waals surface area contributed by atoms with E-state index in [1.165, 1.54) is 6.33 Å². The highest BCUT2D eigenvalue weighted by atomic mass is 16.1. The minimum absolute atomic E-state index is 0.00431. The van der Waals surface area contributed by atoms with E-state index in [2.05, 4.69) is 19.9 Å². The van der Waals surface area contributed by atoms with Crippen molar-refractivity contribution >= 4 is 11.2 Å². The van der Waals surface area contributed by atoms with Crippen LogP contribution in [0.2, 0.25) is 0 Å². The van der Waals surface area contributed by atoms with Crippen molar-refractivity contribution in [2.75, 3.05) is 0 Å². The number of hydrogen-bond donors (Lipinski definition) is 1. The SMILES string of the molecule is Cc1ccc(-n2cnc3c4c(C#N)c(=O)[nH]c-4ncnc32)cc1. The van der Waals surface area contributed by atoms with E-state index in [1.54, 1.807) is 10.9 Å². The molecule has 0 spiro atoms. The third-order valence-corrected chi connectivity index (χ3v) is 3.72. The number of nitrogens with zero attached hydrogens (tertiary/aromatic N) is 5. The molecule has 23 heavy (non-hydrogen) atoms. The maximum Gasteiger partial charge on any atom is 0.268 e. The number of aromatic amines is 1. The van der Waals surface area contributed by atoms with E-state index >= 15 is 0 Å². The summed E-state index contributed by atoms with van der Waals surface area (Å²) in [4.78, 5) is 27.2. The Balaban J connectivity index is 2.09. The van der Waals surface area contributed by atoms with Crippen LogP contribution >= 0.6 is 0 Å². The Labute approximate surface area is 130 Å². The van der Waals surface area contributed by atoms with Gasteiger partial charge in [-0.1, -0.05) is 17.7 Å². The Morgan fingerprint density at radius 2 is 1.96 bits per heavy atom. The van der Waals surface area contributed by atoms with Gasteiger partial charge in [0, 0.05) is 5.69 Å². The first-order chi connectivity index (χ1) is 11.2. The number of benzene rings is 1. The van der Waals surface area contributed by atoms with Gasteiger partial charge in [0.25, 0.3) is 5.56 Å². The number of nitriles is 1. The van der Waals surface area contributed by atoms with Crippen LogP contribution in [-0.4, -0.2) is 24.5 Å². The second-order valence-corrected chi connectivity index (χ2v) is 5.16. The summed E-state index contributed by atoms with van der Waals surface area (Å²) in [6, 6.07) is 9.81. The van der Waals surface area contributed by atoms with E-state index in [0.717, 1.165) is 11.3 Å². The van der Waals surface area contributed by atoms with Crippen molar-refractivity contribution in [3.8, 4) is 23.1 Å². The topological polar surface area (TPSA) is 100 Å². The first-order valence-electron chi connectivity index (χ1n) is 6.90. The Morgan fingerprint density at radius 3 is 2.70 bits per heavy atom. The van der Waals surface area contributed by atoms with Crippen LogP contribution in [0.5, 0.6) is 0 Å². The summed E-state index contributed by atoms with van der Waals surface area (Å²) < 4.78 is 1.80. The van der Waals surface area contributed by atoms with Crippen molar-refractivity contribution in [3.63, 3.8) is 0 Å². The van der Waals surface area contributed by atoms with Gasteiger partial charge in [0.15, 0.2) is 5.65 Å². The first-order valence-corrected chi connectivity index (χ1v) is 6.90. The molecule has 4 rings (SSSR count). The molecule has 3 heterocycles. The zero-order valence-corrected chi connectivity index (χ0v) is 12.1. The zero-order valence-electron chi connectivity index (χ0n) is 12.1. The summed E-state index contributed by atoms with van der Waals surface area (Å²) >= 11 is 0. The van der Waals surface area contributed by atoms with Crippen LogP contribution in [0.4, 0.5) is 0 Å². The molecule has 2 aliphatic heterocycles. The summed E-state index contributed by atoms with van der Waals surface area (Å²) in [7, 11) is 0. The number of rotatable bonds is 1. The molecule has 110 valence electrons. The number of aromatic nitrogens is 5. The van der Waals surface area contributed by atoms with Crippen LogP contribution in [0.25, 0.3) is 28.2 Å². The predicted molar refractivity (Wildman–Crippen MR) is 83.4 cm³/mol. The summed E-state index contributed by atoms with van der Waals surface area (Å²) in [6.45, 7) is 2.01. The molecule has 0 saturated carbocycles. The molecule has 0 unspecified atom stereocenters. The van der Waals surface area contributed by atoms with E-state index in [1.807, 2.05) is 37.3 Å². The van der Waals surface area contributed by atoms with Gasteiger partial charge in [-0.3, -0.25) is 9.36 Å². The minimum atomic E-state index is -0.465. The smallest absolute Gasteiger partial charge is 0.268 e. The van der Waals surface area contributed by atoms with Crippen LogP contribution in [0.15, 0.2) is 41.7 Å². The van der Waals surface area contributed by atoms with Crippen LogP contribution in [0.1, 0.15) is 11.1 Å². The molecule has 1 N–H and O–H groups in total. The molecule has 2 aromatic rings. The highest BCUT2D eigenvalue weighted by Gasteiger charge is 2.21. The van der Waals surface area contributed by atoms with Gasteiger partial charge in [-0.25, -0.2) is 15.0 Å². The molecule has 1 aromatic heterocycles.